The van der Waals surface area contributed by atoms with Crippen molar-refractivity contribution in [1.82, 2.24) is 10.3 Å². The Balaban J connectivity index is 2.19. The third-order valence-corrected chi connectivity index (χ3v) is 4.57. The molecule has 1 fully saturated rings. The van der Waals surface area contributed by atoms with E-state index in [1.54, 1.807) is 6.20 Å². The molecule has 20 heavy (non-hydrogen) atoms. The van der Waals surface area contributed by atoms with Crippen LogP contribution in [0.3, 0.4) is 0 Å². The average Bonchev–Trinajstić information content (AvgIpc) is 2.41. The van der Waals surface area contributed by atoms with Gasteiger partial charge < -0.3 is 11.1 Å². The van der Waals surface area contributed by atoms with Crippen LogP contribution in [-0.2, 0) is 0 Å². The number of nitrogens with two attached hydrogens (primary N) is 1. The molecule has 108 valence electrons. The number of thiocarbonyl (C=S) groups is 1. The number of hydrogen-bond acceptors (Lipinski definition) is 3. The third-order valence-electron chi connectivity index (χ3n) is 4.18. The van der Waals surface area contributed by atoms with E-state index in [1.807, 2.05) is 19.1 Å². The molecule has 0 radical (unpaired) electrons. The lowest BCUT2D eigenvalue weighted by atomic mass is 9.77. The highest BCUT2D eigenvalue weighted by Gasteiger charge is 2.38. The first kappa shape index (κ1) is 14.9. The number of amides is 1. The van der Waals surface area contributed by atoms with Gasteiger partial charge in [-0.05, 0) is 50.2 Å². The van der Waals surface area contributed by atoms with Crippen LogP contribution in [0, 0.1) is 12.8 Å². The second-order valence-corrected chi connectivity index (χ2v) is 6.19. The Morgan fingerprint density at radius 3 is 2.70 bits per heavy atom. The van der Waals surface area contributed by atoms with E-state index in [4.69, 9.17) is 18.0 Å². The molecule has 3 N–H and O–H groups in total. The van der Waals surface area contributed by atoms with Gasteiger partial charge in [0.15, 0.2) is 0 Å². The van der Waals surface area contributed by atoms with Crippen LogP contribution in [0.25, 0.3) is 0 Å². The third kappa shape index (κ3) is 2.98. The van der Waals surface area contributed by atoms with Crippen molar-refractivity contribution in [1.29, 1.82) is 0 Å². The molecular formula is C15H21N3OS. The number of aromatic nitrogens is 1. The molecule has 0 aromatic carbocycles. The number of nitrogens with one attached hydrogen (secondary N) is 1. The van der Waals surface area contributed by atoms with Gasteiger partial charge in [-0.25, -0.2) is 0 Å². The van der Waals surface area contributed by atoms with Crippen molar-refractivity contribution in [3.8, 4) is 0 Å². The molecular weight excluding hydrogens is 270 g/mol. The Morgan fingerprint density at radius 1 is 1.50 bits per heavy atom. The molecule has 1 aliphatic carbocycles. The number of carbonyl (C=O) groups is 1. The van der Waals surface area contributed by atoms with E-state index in [1.165, 1.54) is 0 Å². The van der Waals surface area contributed by atoms with E-state index in [2.05, 4.69) is 17.2 Å². The van der Waals surface area contributed by atoms with E-state index >= 15 is 0 Å². The first-order valence-electron chi connectivity index (χ1n) is 6.99. The fraction of sp³-hybridized carbons (Fsp3) is 0.533. The molecule has 1 heterocycles. The molecule has 4 nitrogen and oxygen atoms in total. The van der Waals surface area contributed by atoms with Gasteiger partial charge in [0.25, 0.3) is 5.91 Å². The summed E-state index contributed by atoms with van der Waals surface area (Å²) >= 11 is 5.21. The van der Waals surface area contributed by atoms with Crippen LogP contribution in [0.1, 0.15) is 48.7 Å². The molecule has 1 amide bonds. The summed E-state index contributed by atoms with van der Waals surface area (Å²) in [5, 5.41) is 3.04. The Morgan fingerprint density at radius 2 is 2.15 bits per heavy atom. The Labute approximate surface area is 125 Å². The van der Waals surface area contributed by atoms with E-state index in [0.29, 0.717) is 16.6 Å². The topological polar surface area (TPSA) is 68.0 Å². The number of hydrogen-bond donors (Lipinski definition) is 2. The van der Waals surface area contributed by atoms with E-state index in [-0.39, 0.29) is 5.91 Å². The summed E-state index contributed by atoms with van der Waals surface area (Å²) in [6, 6.07) is 3.69. The molecule has 5 heteroatoms. The molecule has 0 bridgehead atoms. The predicted octanol–water partition coefficient (Wildman–Crippen LogP) is 2.35. The van der Waals surface area contributed by atoms with Gasteiger partial charge in [0.05, 0.1) is 10.5 Å². The highest BCUT2D eigenvalue weighted by molar-refractivity contribution is 7.80. The fourth-order valence-corrected chi connectivity index (χ4v) is 2.94. The van der Waals surface area contributed by atoms with Gasteiger partial charge in [-0.3, -0.25) is 9.78 Å². The highest BCUT2D eigenvalue weighted by atomic mass is 32.1. The van der Waals surface area contributed by atoms with Gasteiger partial charge in [-0.15, -0.1) is 0 Å². The molecule has 0 spiro atoms. The van der Waals surface area contributed by atoms with Crippen LogP contribution in [-0.4, -0.2) is 21.4 Å². The number of nitrogens with zero attached hydrogens (tertiary/aromatic N) is 1. The lowest BCUT2D eigenvalue weighted by Crippen LogP contribution is -2.58. The second kappa shape index (κ2) is 5.87. The quantitative estimate of drug-likeness (QED) is 0.839. The smallest absolute Gasteiger partial charge is 0.270 e. The zero-order valence-corrected chi connectivity index (χ0v) is 12.8. The number of aryl methyl sites for hydroxylation is 1. The minimum Gasteiger partial charge on any atom is -0.391 e. The summed E-state index contributed by atoms with van der Waals surface area (Å²) in [7, 11) is 0. The largest absolute Gasteiger partial charge is 0.391 e. The maximum atomic E-state index is 12.4. The minimum absolute atomic E-state index is 0.189. The number of rotatable bonds is 3. The summed E-state index contributed by atoms with van der Waals surface area (Å²) in [5.74, 6) is 0.469. The van der Waals surface area contributed by atoms with Gasteiger partial charge in [0, 0.05) is 6.20 Å². The van der Waals surface area contributed by atoms with Gasteiger partial charge in [0.1, 0.15) is 5.69 Å². The van der Waals surface area contributed by atoms with Gasteiger partial charge in [-0.1, -0.05) is 25.2 Å². The van der Waals surface area contributed by atoms with E-state index in [9.17, 15) is 4.79 Å². The Hall–Kier alpha value is -1.49. The van der Waals surface area contributed by atoms with Crippen LogP contribution < -0.4 is 11.1 Å². The standard InChI is InChI=1S/C15H21N3OS/c1-10-5-7-15(8-6-10,14(16)20)18-13(19)12-11(2)4-3-9-17-12/h3-4,9-10H,5-8H2,1-2H3,(H2,16,20)(H,18,19). The Bertz CT molecular complexity index is 522. The maximum Gasteiger partial charge on any atom is 0.270 e. The van der Waals surface area contributed by atoms with Crippen molar-refractivity contribution in [2.24, 2.45) is 11.7 Å². The van der Waals surface area contributed by atoms with Crippen LogP contribution in [0.5, 0.6) is 0 Å². The first-order chi connectivity index (χ1) is 9.44. The fourth-order valence-electron chi connectivity index (χ4n) is 2.69. The SMILES string of the molecule is Cc1cccnc1C(=O)NC1(C(N)=S)CCC(C)CC1. The van der Waals surface area contributed by atoms with Gasteiger partial charge in [-0.2, -0.15) is 0 Å². The van der Waals surface area contributed by atoms with Crippen molar-refractivity contribution in [3.63, 3.8) is 0 Å². The molecule has 0 aliphatic heterocycles. The monoisotopic (exact) mass is 291 g/mol. The van der Waals surface area contributed by atoms with Crippen molar-refractivity contribution in [3.05, 3.63) is 29.6 Å². The number of carbonyl (C=O) groups excluding carboxylic acids is 1. The Kier molecular flexibility index (Phi) is 4.38. The van der Waals surface area contributed by atoms with Crippen molar-refractivity contribution in [2.45, 2.75) is 45.1 Å². The molecule has 1 saturated carbocycles. The molecule has 0 atom stereocenters. The van der Waals surface area contributed by atoms with Gasteiger partial charge >= 0.3 is 0 Å². The van der Waals surface area contributed by atoms with Crippen LogP contribution in [0.2, 0.25) is 0 Å². The van der Waals surface area contributed by atoms with Crippen molar-refractivity contribution in [2.75, 3.05) is 0 Å². The molecule has 0 saturated heterocycles. The zero-order chi connectivity index (χ0) is 14.8. The maximum absolute atomic E-state index is 12.4. The molecule has 1 aromatic heterocycles. The van der Waals surface area contributed by atoms with E-state index in [0.717, 1.165) is 31.2 Å². The van der Waals surface area contributed by atoms with Gasteiger partial charge in [0.2, 0.25) is 0 Å². The zero-order valence-electron chi connectivity index (χ0n) is 12.0. The lowest BCUT2D eigenvalue weighted by Gasteiger charge is -2.39. The van der Waals surface area contributed by atoms with Crippen LogP contribution >= 0.6 is 12.2 Å². The molecule has 0 unspecified atom stereocenters. The molecule has 2 rings (SSSR count). The highest BCUT2D eigenvalue weighted by Crippen LogP contribution is 2.32. The van der Waals surface area contributed by atoms with Crippen molar-refractivity contribution < 1.29 is 4.79 Å². The summed E-state index contributed by atoms with van der Waals surface area (Å²) < 4.78 is 0. The first-order valence-corrected chi connectivity index (χ1v) is 7.39. The van der Waals surface area contributed by atoms with Crippen LogP contribution in [0.15, 0.2) is 18.3 Å². The summed E-state index contributed by atoms with van der Waals surface area (Å²) in [4.78, 5) is 17.0. The summed E-state index contributed by atoms with van der Waals surface area (Å²) in [5.41, 5.74) is 6.66. The average molecular weight is 291 g/mol. The predicted molar refractivity (Wildman–Crippen MR) is 83.6 cm³/mol. The minimum atomic E-state index is -0.553. The summed E-state index contributed by atoms with van der Waals surface area (Å²) in [6.45, 7) is 4.09. The lowest BCUT2D eigenvalue weighted by molar-refractivity contribution is 0.0895. The normalized spacial score (nSPS) is 26.0. The van der Waals surface area contributed by atoms with Crippen LogP contribution in [0.4, 0.5) is 0 Å². The van der Waals surface area contributed by atoms with E-state index < -0.39 is 5.54 Å². The number of pyridine rings is 1. The molecule has 1 aromatic rings. The second-order valence-electron chi connectivity index (χ2n) is 5.75. The molecule has 1 aliphatic rings. The summed E-state index contributed by atoms with van der Waals surface area (Å²) in [6.07, 6.45) is 5.29. The van der Waals surface area contributed by atoms with Crippen molar-refractivity contribution >= 4 is 23.1 Å².